The maximum absolute atomic E-state index is 12.9. The van der Waals surface area contributed by atoms with Crippen molar-refractivity contribution in [3.8, 4) is 0 Å². The van der Waals surface area contributed by atoms with E-state index in [1.807, 2.05) is 0 Å². The lowest BCUT2D eigenvalue weighted by Gasteiger charge is -2.12. The Hall–Kier alpha value is -3.62. The lowest BCUT2D eigenvalue weighted by Crippen LogP contribution is -2.17. The van der Waals surface area contributed by atoms with Crippen molar-refractivity contribution in [3.05, 3.63) is 76.2 Å². The summed E-state index contributed by atoms with van der Waals surface area (Å²) >= 11 is 0. The first-order valence-corrected chi connectivity index (χ1v) is 9.35. The van der Waals surface area contributed by atoms with E-state index in [9.17, 15) is 22.8 Å². The zero-order chi connectivity index (χ0) is 22.8. The molecular weight excluding hydrogens is 411 g/mol. The smallest absolute Gasteiger partial charge is 0.361 e. The van der Waals surface area contributed by atoms with Crippen LogP contribution in [0.1, 0.15) is 38.5 Å². The van der Waals surface area contributed by atoms with Gasteiger partial charge in [0.05, 0.1) is 17.7 Å². The standard InChI is InChI=1S/C22H20F3N3O3/c1-12-7-15(21(30)27-17-6-4-5-16(10-17)22(23,24)25)9-18(8-12)26-20(29)11-19-13(2)28-31-14(19)3/h4-10H,11H2,1-3H3,(H,26,29)(H,27,30). The molecule has 0 radical (unpaired) electrons. The molecule has 2 aromatic carbocycles. The van der Waals surface area contributed by atoms with Crippen LogP contribution < -0.4 is 10.6 Å². The Bertz CT molecular complexity index is 1120. The summed E-state index contributed by atoms with van der Waals surface area (Å²) in [7, 11) is 0. The summed E-state index contributed by atoms with van der Waals surface area (Å²) in [5.74, 6) is -0.355. The van der Waals surface area contributed by atoms with Gasteiger partial charge in [0, 0.05) is 22.5 Å². The Balaban J connectivity index is 1.74. The molecule has 9 heteroatoms. The minimum Gasteiger partial charge on any atom is -0.361 e. The van der Waals surface area contributed by atoms with Gasteiger partial charge in [-0.15, -0.1) is 0 Å². The third-order valence-electron chi connectivity index (χ3n) is 4.59. The molecular formula is C22H20F3N3O3. The first-order chi connectivity index (χ1) is 14.5. The minimum atomic E-state index is -4.51. The molecule has 0 spiro atoms. The second-order valence-corrected chi connectivity index (χ2v) is 7.15. The molecule has 3 aromatic rings. The van der Waals surface area contributed by atoms with Crippen LogP contribution in [-0.4, -0.2) is 17.0 Å². The van der Waals surface area contributed by atoms with Gasteiger partial charge >= 0.3 is 6.18 Å². The van der Waals surface area contributed by atoms with Gasteiger partial charge < -0.3 is 15.2 Å². The normalized spacial score (nSPS) is 11.3. The van der Waals surface area contributed by atoms with Crippen LogP contribution in [0.25, 0.3) is 0 Å². The number of anilines is 2. The number of halogens is 3. The molecule has 6 nitrogen and oxygen atoms in total. The lowest BCUT2D eigenvalue weighted by atomic mass is 10.1. The van der Waals surface area contributed by atoms with Crippen LogP contribution >= 0.6 is 0 Å². The molecule has 0 unspecified atom stereocenters. The van der Waals surface area contributed by atoms with Gasteiger partial charge in [0.2, 0.25) is 5.91 Å². The number of alkyl halides is 3. The fourth-order valence-electron chi connectivity index (χ4n) is 3.08. The summed E-state index contributed by atoms with van der Waals surface area (Å²) in [4.78, 5) is 25.0. The molecule has 2 N–H and O–H groups in total. The number of carbonyl (C=O) groups is 2. The molecule has 0 aliphatic carbocycles. The lowest BCUT2D eigenvalue weighted by molar-refractivity contribution is -0.137. The number of amides is 2. The van der Waals surface area contributed by atoms with Gasteiger partial charge in [-0.2, -0.15) is 13.2 Å². The van der Waals surface area contributed by atoms with Crippen molar-refractivity contribution in [3.63, 3.8) is 0 Å². The van der Waals surface area contributed by atoms with Gasteiger partial charge in [0.25, 0.3) is 5.91 Å². The topological polar surface area (TPSA) is 84.2 Å². The molecule has 0 fully saturated rings. The van der Waals surface area contributed by atoms with E-state index in [1.165, 1.54) is 18.2 Å². The van der Waals surface area contributed by atoms with Gasteiger partial charge in [0.1, 0.15) is 5.76 Å². The van der Waals surface area contributed by atoms with E-state index in [-0.39, 0.29) is 23.6 Å². The second kappa shape index (κ2) is 8.63. The number of benzene rings is 2. The summed E-state index contributed by atoms with van der Waals surface area (Å²) in [6.07, 6.45) is -4.45. The van der Waals surface area contributed by atoms with Crippen LogP contribution in [0.4, 0.5) is 24.5 Å². The zero-order valence-corrected chi connectivity index (χ0v) is 17.1. The Kier molecular flexibility index (Phi) is 6.14. The first kappa shape index (κ1) is 22.1. The molecule has 0 aliphatic rings. The van der Waals surface area contributed by atoms with Crippen LogP contribution in [0, 0.1) is 20.8 Å². The van der Waals surface area contributed by atoms with E-state index in [0.29, 0.717) is 28.3 Å². The van der Waals surface area contributed by atoms with Crippen molar-refractivity contribution in [2.45, 2.75) is 33.4 Å². The minimum absolute atomic E-state index is 0.0188. The molecule has 0 aliphatic heterocycles. The first-order valence-electron chi connectivity index (χ1n) is 9.35. The molecule has 1 aromatic heterocycles. The summed E-state index contributed by atoms with van der Waals surface area (Å²) in [6, 6.07) is 9.10. The monoisotopic (exact) mass is 431 g/mol. The summed E-state index contributed by atoms with van der Waals surface area (Å²) in [5.41, 5.74) is 1.76. The predicted molar refractivity (Wildman–Crippen MR) is 109 cm³/mol. The second-order valence-electron chi connectivity index (χ2n) is 7.15. The SMILES string of the molecule is Cc1cc(NC(=O)Cc2c(C)noc2C)cc(C(=O)Nc2cccc(C(F)(F)F)c2)c1. The van der Waals surface area contributed by atoms with Crippen molar-refractivity contribution in [1.29, 1.82) is 0 Å². The highest BCUT2D eigenvalue weighted by molar-refractivity contribution is 6.05. The van der Waals surface area contributed by atoms with E-state index in [1.54, 1.807) is 32.9 Å². The largest absolute Gasteiger partial charge is 0.416 e. The molecule has 3 rings (SSSR count). The molecule has 0 saturated heterocycles. The number of hydrogen-bond donors (Lipinski definition) is 2. The predicted octanol–water partition coefficient (Wildman–Crippen LogP) is 5.05. The molecule has 1 heterocycles. The van der Waals surface area contributed by atoms with Crippen LogP contribution in [-0.2, 0) is 17.4 Å². The van der Waals surface area contributed by atoms with Gasteiger partial charge in [-0.3, -0.25) is 9.59 Å². The highest BCUT2D eigenvalue weighted by Gasteiger charge is 2.30. The van der Waals surface area contributed by atoms with Crippen molar-refractivity contribution in [2.75, 3.05) is 10.6 Å². The molecule has 0 saturated carbocycles. The fourth-order valence-corrected chi connectivity index (χ4v) is 3.08. The number of nitrogens with one attached hydrogen (secondary N) is 2. The van der Waals surface area contributed by atoms with Crippen LogP contribution in [0.5, 0.6) is 0 Å². The zero-order valence-electron chi connectivity index (χ0n) is 17.1. The Morgan fingerprint density at radius 1 is 1.00 bits per heavy atom. The number of nitrogens with zero attached hydrogens (tertiary/aromatic N) is 1. The molecule has 0 atom stereocenters. The Morgan fingerprint density at radius 3 is 2.39 bits per heavy atom. The maximum Gasteiger partial charge on any atom is 0.416 e. The van der Waals surface area contributed by atoms with E-state index in [0.717, 1.165) is 12.1 Å². The molecule has 0 bridgehead atoms. The molecule has 31 heavy (non-hydrogen) atoms. The van der Waals surface area contributed by atoms with Crippen LogP contribution in [0.2, 0.25) is 0 Å². The van der Waals surface area contributed by atoms with Crippen LogP contribution in [0.3, 0.4) is 0 Å². The quantitative estimate of drug-likeness (QED) is 0.592. The van der Waals surface area contributed by atoms with Crippen molar-refractivity contribution < 1.29 is 27.3 Å². The van der Waals surface area contributed by atoms with E-state index >= 15 is 0 Å². The van der Waals surface area contributed by atoms with Crippen molar-refractivity contribution in [2.24, 2.45) is 0 Å². The van der Waals surface area contributed by atoms with Gasteiger partial charge in [-0.25, -0.2) is 0 Å². The Labute approximate surface area is 176 Å². The summed E-state index contributed by atoms with van der Waals surface area (Å²) in [5, 5.41) is 8.99. The third-order valence-corrected chi connectivity index (χ3v) is 4.59. The van der Waals surface area contributed by atoms with Crippen molar-refractivity contribution >= 4 is 23.2 Å². The average Bonchev–Trinajstić information content (AvgIpc) is 2.99. The highest BCUT2D eigenvalue weighted by atomic mass is 19.4. The Morgan fingerprint density at radius 2 is 1.74 bits per heavy atom. The number of carbonyl (C=O) groups excluding carboxylic acids is 2. The number of rotatable bonds is 5. The summed E-state index contributed by atoms with van der Waals surface area (Å²) < 4.78 is 43.7. The van der Waals surface area contributed by atoms with Gasteiger partial charge in [-0.1, -0.05) is 11.2 Å². The number of aryl methyl sites for hydroxylation is 3. The van der Waals surface area contributed by atoms with Gasteiger partial charge in [0.15, 0.2) is 0 Å². The van der Waals surface area contributed by atoms with Gasteiger partial charge in [-0.05, 0) is 62.7 Å². The highest BCUT2D eigenvalue weighted by Crippen LogP contribution is 2.30. The van der Waals surface area contributed by atoms with E-state index < -0.39 is 17.6 Å². The number of aromatic nitrogens is 1. The molecule has 162 valence electrons. The maximum atomic E-state index is 12.9. The molecule has 2 amide bonds. The van der Waals surface area contributed by atoms with Crippen molar-refractivity contribution in [1.82, 2.24) is 5.16 Å². The van der Waals surface area contributed by atoms with E-state index in [4.69, 9.17) is 4.52 Å². The average molecular weight is 431 g/mol. The van der Waals surface area contributed by atoms with E-state index in [2.05, 4.69) is 15.8 Å². The third kappa shape index (κ3) is 5.50. The van der Waals surface area contributed by atoms with Crippen LogP contribution in [0.15, 0.2) is 47.0 Å². The number of hydrogen-bond acceptors (Lipinski definition) is 4. The fraction of sp³-hybridized carbons (Fsp3) is 0.227. The summed E-state index contributed by atoms with van der Waals surface area (Å²) in [6.45, 7) is 5.19.